The zero-order valence-corrected chi connectivity index (χ0v) is 9.96. The molecular formula is C13H14N2O3. The van der Waals surface area contributed by atoms with Crippen LogP contribution >= 0.6 is 0 Å². The van der Waals surface area contributed by atoms with Crippen LogP contribution in [0.25, 0.3) is 0 Å². The molecule has 18 heavy (non-hydrogen) atoms. The highest BCUT2D eigenvalue weighted by Gasteiger charge is 2.10. The van der Waals surface area contributed by atoms with Crippen LogP contribution in [0.3, 0.4) is 0 Å². The number of rotatable bonds is 5. The van der Waals surface area contributed by atoms with Crippen molar-refractivity contribution in [2.75, 3.05) is 0 Å². The maximum atomic E-state index is 10.7. The number of carboxylic acids is 1. The summed E-state index contributed by atoms with van der Waals surface area (Å²) < 4.78 is 5.15. The Bertz CT molecular complexity index is 522. The molecule has 2 aromatic rings. The normalized spacial score (nSPS) is 12.3. The molecule has 5 nitrogen and oxygen atoms in total. The van der Waals surface area contributed by atoms with Crippen LogP contribution in [0.1, 0.15) is 34.6 Å². The average Bonchev–Trinajstić information content (AvgIpc) is 2.86. The molecule has 2 aromatic heterocycles. The second-order valence-corrected chi connectivity index (χ2v) is 4.00. The number of aromatic nitrogens is 1. The molecule has 0 fully saturated rings. The molecule has 0 aliphatic carbocycles. The van der Waals surface area contributed by atoms with Gasteiger partial charge < -0.3 is 14.8 Å². The number of carbonyl (C=O) groups is 1. The third-order valence-corrected chi connectivity index (χ3v) is 2.67. The Hall–Kier alpha value is -2.14. The molecule has 2 rings (SSSR count). The first-order valence-corrected chi connectivity index (χ1v) is 5.61. The number of nitrogens with one attached hydrogen (secondary N) is 1. The maximum Gasteiger partial charge on any atom is 0.338 e. The number of hydrogen-bond acceptors (Lipinski definition) is 4. The van der Waals surface area contributed by atoms with E-state index >= 15 is 0 Å². The van der Waals surface area contributed by atoms with Gasteiger partial charge >= 0.3 is 5.97 Å². The van der Waals surface area contributed by atoms with Crippen molar-refractivity contribution in [1.82, 2.24) is 10.3 Å². The second kappa shape index (κ2) is 5.46. The van der Waals surface area contributed by atoms with Crippen LogP contribution in [0, 0.1) is 0 Å². The molecule has 0 bridgehead atoms. The van der Waals surface area contributed by atoms with E-state index in [0.717, 1.165) is 5.56 Å². The third kappa shape index (κ3) is 2.95. The van der Waals surface area contributed by atoms with Crippen molar-refractivity contribution in [1.29, 1.82) is 0 Å². The molecule has 1 atom stereocenters. The molecule has 0 saturated heterocycles. The van der Waals surface area contributed by atoms with Crippen LogP contribution in [-0.4, -0.2) is 16.1 Å². The molecule has 0 unspecified atom stereocenters. The van der Waals surface area contributed by atoms with E-state index < -0.39 is 5.97 Å². The lowest BCUT2D eigenvalue weighted by molar-refractivity contribution is 0.0696. The number of pyridine rings is 1. The molecular weight excluding hydrogens is 232 g/mol. The lowest BCUT2D eigenvalue weighted by Crippen LogP contribution is -2.17. The van der Waals surface area contributed by atoms with Crippen LogP contribution in [0.4, 0.5) is 0 Å². The minimum atomic E-state index is -0.981. The monoisotopic (exact) mass is 246 g/mol. The third-order valence-electron chi connectivity index (χ3n) is 2.67. The summed E-state index contributed by atoms with van der Waals surface area (Å²) in [6, 6.07) is 5.50. The van der Waals surface area contributed by atoms with E-state index in [1.807, 2.05) is 19.1 Å². The minimum Gasteiger partial charge on any atom is -0.478 e. The summed E-state index contributed by atoms with van der Waals surface area (Å²) in [5, 5.41) is 12.0. The van der Waals surface area contributed by atoms with Gasteiger partial charge in [0, 0.05) is 18.4 Å². The number of carboxylic acid groups (broad SMARTS) is 1. The predicted molar refractivity (Wildman–Crippen MR) is 65.2 cm³/mol. The highest BCUT2D eigenvalue weighted by atomic mass is 16.4. The van der Waals surface area contributed by atoms with Gasteiger partial charge in [0.15, 0.2) is 0 Å². The molecule has 0 spiro atoms. The first kappa shape index (κ1) is 12.3. The van der Waals surface area contributed by atoms with Crippen molar-refractivity contribution < 1.29 is 14.3 Å². The molecule has 94 valence electrons. The Morgan fingerprint density at radius 3 is 3.06 bits per heavy atom. The van der Waals surface area contributed by atoms with Gasteiger partial charge in [-0.15, -0.1) is 0 Å². The van der Waals surface area contributed by atoms with Gasteiger partial charge in [-0.3, -0.25) is 4.98 Å². The minimum absolute atomic E-state index is 0.122. The van der Waals surface area contributed by atoms with Crippen molar-refractivity contribution in [3.8, 4) is 0 Å². The van der Waals surface area contributed by atoms with Crippen LogP contribution in [0.5, 0.6) is 0 Å². The van der Waals surface area contributed by atoms with Crippen LogP contribution < -0.4 is 5.32 Å². The Kier molecular flexibility index (Phi) is 3.74. The van der Waals surface area contributed by atoms with Crippen molar-refractivity contribution in [2.24, 2.45) is 0 Å². The van der Waals surface area contributed by atoms with Gasteiger partial charge in [-0.25, -0.2) is 4.79 Å². The second-order valence-electron chi connectivity index (χ2n) is 4.00. The summed E-state index contributed by atoms with van der Waals surface area (Å²) in [6.45, 7) is 2.49. The Balaban J connectivity index is 1.93. The molecule has 2 N–H and O–H groups in total. The summed E-state index contributed by atoms with van der Waals surface area (Å²) in [7, 11) is 0. The van der Waals surface area contributed by atoms with Gasteiger partial charge in [0.25, 0.3) is 0 Å². The topological polar surface area (TPSA) is 75.4 Å². The van der Waals surface area contributed by atoms with Gasteiger partial charge in [-0.05, 0) is 24.6 Å². The van der Waals surface area contributed by atoms with Crippen molar-refractivity contribution in [3.63, 3.8) is 0 Å². The molecule has 0 aliphatic rings. The summed E-state index contributed by atoms with van der Waals surface area (Å²) in [5.41, 5.74) is 1.24. The molecule has 0 radical (unpaired) electrons. The van der Waals surface area contributed by atoms with Crippen LogP contribution in [0.2, 0.25) is 0 Å². The molecule has 2 heterocycles. The number of aromatic carboxylic acids is 1. The van der Waals surface area contributed by atoms with E-state index in [0.29, 0.717) is 12.3 Å². The van der Waals surface area contributed by atoms with E-state index in [9.17, 15) is 4.79 Å². The fraction of sp³-hybridized carbons (Fsp3) is 0.231. The van der Waals surface area contributed by atoms with Crippen LogP contribution in [0.15, 0.2) is 41.3 Å². The molecule has 0 amide bonds. The predicted octanol–water partition coefficient (Wildman–Crippen LogP) is 2.22. The Morgan fingerprint density at radius 2 is 2.44 bits per heavy atom. The van der Waals surface area contributed by atoms with Gasteiger partial charge in [0.2, 0.25) is 0 Å². The summed E-state index contributed by atoms with van der Waals surface area (Å²) >= 11 is 0. The van der Waals surface area contributed by atoms with E-state index in [2.05, 4.69) is 10.3 Å². The molecule has 5 heteroatoms. The lowest BCUT2D eigenvalue weighted by atomic mass is 10.1. The lowest BCUT2D eigenvalue weighted by Gasteiger charge is -2.12. The largest absolute Gasteiger partial charge is 0.478 e. The van der Waals surface area contributed by atoms with E-state index in [4.69, 9.17) is 9.52 Å². The highest BCUT2D eigenvalue weighted by Crippen LogP contribution is 2.12. The number of hydrogen-bond donors (Lipinski definition) is 2. The summed E-state index contributed by atoms with van der Waals surface area (Å²) in [4.78, 5) is 14.7. The molecule has 0 aliphatic heterocycles. The zero-order valence-electron chi connectivity index (χ0n) is 9.96. The fourth-order valence-electron chi connectivity index (χ4n) is 1.59. The molecule has 0 saturated carbocycles. The van der Waals surface area contributed by atoms with E-state index in [1.165, 1.54) is 12.3 Å². The average molecular weight is 246 g/mol. The van der Waals surface area contributed by atoms with Crippen LogP contribution in [-0.2, 0) is 6.54 Å². The first-order valence-electron chi connectivity index (χ1n) is 5.61. The van der Waals surface area contributed by atoms with Crippen molar-refractivity contribution in [2.45, 2.75) is 19.5 Å². The quantitative estimate of drug-likeness (QED) is 0.846. The SMILES string of the molecule is C[C@H](NCc1cc(C(=O)O)co1)c1cccnc1. The van der Waals surface area contributed by atoms with Crippen molar-refractivity contribution in [3.05, 3.63) is 53.7 Å². The van der Waals surface area contributed by atoms with Gasteiger partial charge in [-0.1, -0.05) is 6.07 Å². The summed E-state index contributed by atoms with van der Waals surface area (Å²) in [5.74, 6) is -0.381. The van der Waals surface area contributed by atoms with E-state index in [1.54, 1.807) is 12.4 Å². The van der Waals surface area contributed by atoms with Gasteiger partial charge in [0.1, 0.15) is 12.0 Å². The Labute approximate surface area is 104 Å². The zero-order chi connectivity index (χ0) is 13.0. The standard InChI is InChI=1S/C13H14N2O3/c1-9(10-3-2-4-14-6-10)15-7-12-5-11(8-18-12)13(16)17/h2-6,8-9,15H,7H2,1H3,(H,16,17)/t9-/m0/s1. The number of furan rings is 1. The van der Waals surface area contributed by atoms with E-state index in [-0.39, 0.29) is 11.6 Å². The highest BCUT2D eigenvalue weighted by molar-refractivity contribution is 5.87. The first-order chi connectivity index (χ1) is 8.66. The summed E-state index contributed by atoms with van der Waals surface area (Å²) in [6.07, 6.45) is 4.76. The van der Waals surface area contributed by atoms with Crippen molar-refractivity contribution >= 4 is 5.97 Å². The maximum absolute atomic E-state index is 10.7. The van der Waals surface area contributed by atoms with Gasteiger partial charge in [0.05, 0.1) is 12.1 Å². The molecule has 0 aromatic carbocycles. The van der Waals surface area contributed by atoms with Gasteiger partial charge in [-0.2, -0.15) is 0 Å². The Morgan fingerprint density at radius 1 is 1.61 bits per heavy atom. The smallest absolute Gasteiger partial charge is 0.338 e. The fourth-order valence-corrected chi connectivity index (χ4v) is 1.59. The number of nitrogens with zero attached hydrogens (tertiary/aromatic N) is 1.